The monoisotopic (exact) mass is 494 g/mol. The Labute approximate surface area is 222 Å². The normalized spacial score (nSPS) is 20.3. The quantitative estimate of drug-likeness (QED) is 0.339. The van der Waals surface area contributed by atoms with E-state index in [-0.39, 0.29) is 0 Å². The van der Waals surface area contributed by atoms with Crippen molar-refractivity contribution in [1.29, 1.82) is 0 Å². The van der Waals surface area contributed by atoms with Crippen molar-refractivity contribution in [2.45, 2.75) is 103 Å². The van der Waals surface area contributed by atoms with Gasteiger partial charge in [0.25, 0.3) is 0 Å². The fourth-order valence-electron chi connectivity index (χ4n) is 7.93. The van der Waals surface area contributed by atoms with E-state index in [0.717, 1.165) is 0 Å². The molecule has 1 spiro atoms. The van der Waals surface area contributed by atoms with E-state index < -0.39 is 5.91 Å². The molecule has 37 heavy (non-hydrogen) atoms. The summed E-state index contributed by atoms with van der Waals surface area (Å²) in [5.74, 6) is -0.618. The maximum atomic E-state index is 2.68. The van der Waals surface area contributed by atoms with E-state index >= 15 is 0 Å². The largest absolute Gasteiger partial charge is 0.552 e. The molecule has 0 unspecified atom stereocenters. The zero-order chi connectivity index (χ0) is 27.2. The van der Waals surface area contributed by atoms with E-state index in [1.165, 1.54) is 101 Å². The van der Waals surface area contributed by atoms with Gasteiger partial charge >= 0.3 is 5.91 Å². The Morgan fingerprint density at radius 2 is 0.730 bits per heavy atom. The van der Waals surface area contributed by atoms with Crippen LogP contribution in [0.5, 0.6) is 0 Å². The highest BCUT2D eigenvalue weighted by atomic mass is 15.6. The van der Waals surface area contributed by atoms with Crippen molar-refractivity contribution in [2.75, 3.05) is 0 Å². The summed E-state index contributed by atoms with van der Waals surface area (Å²) in [6.45, 7) is 32.5. The Morgan fingerprint density at radius 3 is 1.05 bits per heavy atom. The van der Waals surface area contributed by atoms with Gasteiger partial charge in [0.15, 0.2) is 11.4 Å². The summed E-state index contributed by atoms with van der Waals surface area (Å²) in [5, 5.41) is 0. The Balaban J connectivity index is 2.00. The average molecular weight is 495 g/mol. The Kier molecular flexibility index (Phi) is 4.60. The Bertz CT molecular complexity index is 1600. The maximum Gasteiger partial charge on any atom is 0.552 e. The van der Waals surface area contributed by atoms with Crippen LogP contribution in [-0.4, -0.2) is 29.7 Å². The van der Waals surface area contributed by atoms with Crippen LogP contribution in [0.2, 0.25) is 0 Å². The van der Waals surface area contributed by atoms with Crippen molar-refractivity contribution in [2.24, 2.45) is 0 Å². The van der Waals surface area contributed by atoms with Crippen LogP contribution >= 0.6 is 0 Å². The summed E-state index contributed by atoms with van der Waals surface area (Å²) in [5.41, 5.74) is 24.7. The molecule has 4 heteroatoms. The lowest BCUT2D eigenvalue weighted by molar-refractivity contribution is -0.834. The van der Waals surface area contributed by atoms with Crippen molar-refractivity contribution < 1.29 is 9.15 Å². The summed E-state index contributed by atoms with van der Waals surface area (Å²) >= 11 is 0. The standard InChI is InChI=1S/C33H42N4/c1-15-19(5)29-23(9)30-20(6)16(2)26(12)35(30)33(34(29)25(15)11)36-27(13)17(3)21(7)31(36)24(10)32-22(8)18(4)28(14)37(32)33/h1-14H3/q+2. The second-order valence-corrected chi connectivity index (χ2v) is 11.9. The highest BCUT2D eigenvalue weighted by molar-refractivity contribution is 6.00. The summed E-state index contributed by atoms with van der Waals surface area (Å²) in [4.78, 5) is 0. The molecule has 0 saturated heterocycles. The first kappa shape index (κ1) is 24.2. The van der Waals surface area contributed by atoms with Gasteiger partial charge in [0, 0.05) is 58.7 Å². The van der Waals surface area contributed by atoms with Gasteiger partial charge in [-0.15, -0.1) is 0 Å². The lowest BCUT2D eigenvalue weighted by atomic mass is 9.97. The van der Waals surface area contributed by atoms with Crippen molar-refractivity contribution in [3.63, 3.8) is 0 Å². The third kappa shape index (κ3) is 2.29. The molecular weight excluding hydrogens is 452 g/mol. The summed E-state index contributed by atoms with van der Waals surface area (Å²) < 4.78 is 10.7. The van der Waals surface area contributed by atoms with Crippen molar-refractivity contribution in [1.82, 2.24) is 9.13 Å². The van der Waals surface area contributed by atoms with Gasteiger partial charge < -0.3 is 0 Å². The van der Waals surface area contributed by atoms with Crippen LogP contribution in [0.3, 0.4) is 0 Å². The molecule has 0 atom stereocenters. The van der Waals surface area contributed by atoms with Gasteiger partial charge in [-0.3, -0.25) is 0 Å². The lowest BCUT2D eigenvalue weighted by Crippen LogP contribution is -2.63. The second-order valence-electron chi connectivity index (χ2n) is 11.9. The summed E-state index contributed by atoms with van der Waals surface area (Å²) in [6, 6.07) is 0. The molecule has 0 N–H and O–H groups in total. The number of nitrogens with zero attached hydrogens (tertiary/aromatic N) is 4. The fraction of sp³-hybridized carbons (Fsp3) is 0.455. The number of rotatable bonds is 0. The Hall–Kier alpha value is -3.14. The minimum absolute atomic E-state index is 0.618. The summed E-state index contributed by atoms with van der Waals surface area (Å²) in [7, 11) is 0. The van der Waals surface area contributed by atoms with Crippen molar-refractivity contribution >= 4 is 22.6 Å². The van der Waals surface area contributed by atoms with Gasteiger partial charge in [0.2, 0.25) is 11.4 Å². The van der Waals surface area contributed by atoms with Crippen LogP contribution in [0, 0.1) is 41.5 Å². The first-order chi connectivity index (χ1) is 17.2. The molecule has 0 saturated carbocycles. The van der Waals surface area contributed by atoms with Crippen molar-refractivity contribution in [3.8, 4) is 0 Å². The van der Waals surface area contributed by atoms with E-state index in [2.05, 4.69) is 115 Å². The third-order valence-electron chi connectivity index (χ3n) is 10.7. The Morgan fingerprint density at radius 1 is 0.405 bits per heavy atom. The van der Waals surface area contributed by atoms with Gasteiger partial charge in [-0.2, -0.15) is 0 Å². The molecule has 4 nitrogen and oxygen atoms in total. The van der Waals surface area contributed by atoms with Crippen LogP contribution in [0.15, 0.2) is 33.7 Å². The molecule has 6 heterocycles. The van der Waals surface area contributed by atoms with Gasteiger partial charge in [-0.05, 0) is 105 Å². The molecule has 0 radical (unpaired) electrons. The molecule has 4 aliphatic rings. The SMILES string of the molecule is CC1=C(C)C(C)=[N+]2C1=C(C)c1c(C)c(C)c(C)n1C21n2c(C)c(C)c(C)c2C(C)=C2C(C)=C(C)C(C)=[N+]21. The first-order valence-electron chi connectivity index (χ1n) is 13.7. The van der Waals surface area contributed by atoms with Crippen molar-refractivity contribution in [3.05, 3.63) is 78.7 Å². The number of fused-ring (bicyclic) bond motifs is 8. The van der Waals surface area contributed by atoms with E-state index in [4.69, 9.17) is 0 Å². The molecule has 2 aromatic heterocycles. The van der Waals surface area contributed by atoms with E-state index in [9.17, 15) is 0 Å². The molecule has 0 aliphatic carbocycles. The predicted molar refractivity (Wildman–Crippen MR) is 154 cm³/mol. The first-order valence-corrected chi connectivity index (χ1v) is 13.7. The van der Waals surface area contributed by atoms with E-state index in [1.807, 2.05) is 0 Å². The molecule has 0 amide bonds. The minimum atomic E-state index is -0.618. The van der Waals surface area contributed by atoms with Gasteiger partial charge in [0.05, 0.1) is 11.4 Å². The van der Waals surface area contributed by atoms with Crippen LogP contribution < -0.4 is 0 Å². The number of hydrogen-bond acceptors (Lipinski definition) is 0. The minimum Gasteiger partial charge on any atom is -0.203 e. The smallest absolute Gasteiger partial charge is 0.203 e. The van der Waals surface area contributed by atoms with Gasteiger partial charge in [-0.25, -0.2) is 9.13 Å². The maximum absolute atomic E-state index is 2.68. The predicted octanol–water partition coefficient (Wildman–Crippen LogP) is 7.39. The van der Waals surface area contributed by atoms with Gasteiger partial charge in [-0.1, -0.05) is 9.15 Å². The highest BCUT2D eigenvalue weighted by Gasteiger charge is 2.71. The highest BCUT2D eigenvalue weighted by Crippen LogP contribution is 2.54. The van der Waals surface area contributed by atoms with Crippen LogP contribution in [0.4, 0.5) is 0 Å². The zero-order valence-electron chi connectivity index (χ0n) is 25.3. The molecule has 0 aromatic carbocycles. The van der Waals surface area contributed by atoms with E-state index in [0.29, 0.717) is 0 Å². The number of hydrogen-bond donors (Lipinski definition) is 0. The zero-order valence-corrected chi connectivity index (χ0v) is 25.3. The molecule has 192 valence electrons. The molecule has 0 bridgehead atoms. The van der Waals surface area contributed by atoms with Crippen LogP contribution in [-0.2, 0) is 5.91 Å². The molecule has 2 aromatic rings. The van der Waals surface area contributed by atoms with E-state index in [1.54, 1.807) is 0 Å². The molecule has 6 rings (SSSR count). The lowest BCUT2D eigenvalue weighted by Gasteiger charge is -2.39. The average Bonchev–Trinajstić information content (AvgIpc) is 3.43. The molecule has 0 fully saturated rings. The van der Waals surface area contributed by atoms with Gasteiger partial charge in [0.1, 0.15) is 0 Å². The van der Waals surface area contributed by atoms with Crippen LogP contribution in [0.25, 0.3) is 11.1 Å². The summed E-state index contributed by atoms with van der Waals surface area (Å²) in [6.07, 6.45) is 0. The number of allylic oxidation sites excluding steroid dienone is 6. The molecular formula is C33H42N4+2. The second kappa shape index (κ2) is 7.03. The topological polar surface area (TPSA) is 15.9 Å². The van der Waals surface area contributed by atoms with Crippen LogP contribution in [0.1, 0.15) is 100 Å². The third-order valence-corrected chi connectivity index (χ3v) is 10.7. The number of aromatic nitrogens is 2. The molecule has 4 aliphatic heterocycles. The fourth-order valence-corrected chi connectivity index (χ4v) is 7.93.